The highest BCUT2D eigenvalue weighted by molar-refractivity contribution is 5.42. The quantitative estimate of drug-likeness (QED) is 0.889. The molecule has 0 saturated heterocycles. The average Bonchev–Trinajstić information content (AvgIpc) is 2.52. The van der Waals surface area contributed by atoms with Gasteiger partial charge in [0.2, 0.25) is 0 Å². The summed E-state index contributed by atoms with van der Waals surface area (Å²) in [6, 6.07) is 11.4. The summed E-state index contributed by atoms with van der Waals surface area (Å²) in [6.45, 7) is 0.225. The third-order valence-corrected chi connectivity index (χ3v) is 3.04. The molecule has 0 aliphatic carbocycles. The molecule has 0 fully saturated rings. The van der Waals surface area contributed by atoms with Crippen molar-refractivity contribution in [2.24, 2.45) is 5.73 Å². The van der Waals surface area contributed by atoms with Gasteiger partial charge in [-0.05, 0) is 17.7 Å². The van der Waals surface area contributed by atoms with E-state index in [2.05, 4.69) is 0 Å². The van der Waals surface area contributed by atoms with E-state index in [1.807, 2.05) is 0 Å². The lowest BCUT2D eigenvalue weighted by molar-refractivity contribution is 0.212. The van der Waals surface area contributed by atoms with Crippen LogP contribution in [0.15, 0.2) is 42.5 Å². The average molecular weight is 291 g/mol. The van der Waals surface area contributed by atoms with Gasteiger partial charge in [-0.1, -0.05) is 12.1 Å². The number of hydrogen-bond donors (Lipinski definition) is 1. The monoisotopic (exact) mass is 291 g/mol. The van der Waals surface area contributed by atoms with Crippen LogP contribution in [0.1, 0.15) is 11.7 Å². The van der Waals surface area contributed by atoms with Crippen molar-refractivity contribution >= 4 is 0 Å². The van der Waals surface area contributed by atoms with E-state index in [1.165, 1.54) is 12.1 Å². The Morgan fingerprint density at radius 2 is 1.62 bits per heavy atom. The van der Waals surface area contributed by atoms with E-state index in [1.54, 1.807) is 44.6 Å². The molecule has 5 heteroatoms. The van der Waals surface area contributed by atoms with Crippen molar-refractivity contribution in [1.29, 1.82) is 0 Å². The Balaban J connectivity index is 2.26. The zero-order valence-electron chi connectivity index (χ0n) is 12.0. The van der Waals surface area contributed by atoms with Crippen LogP contribution in [0.5, 0.6) is 17.2 Å². The second-order valence-corrected chi connectivity index (χ2v) is 4.45. The molecule has 21 heavy (non-hydrogen) atoms. The number of ether oxygens (including phenoxy) is 3. The number of halogens is 1. The lowest BCUT2D eigenvalue weighted by Crippen LogP contribution is -2.18. The zero-order chi connectivity index (χ0) is 15.2. The molecule has 0 aromatic heterocycles. The van der Waals surface area contributed by atoms with Gasteiger partial charge in [-0.25, -0.2) is 4.39 Å². The van der Waals surface area contributed by atoms with Gasteiger partial charge >= 0.3 is 0 Å². The van der Waals surface area contributed by atoms with Crippen LogP contribution in [0.2, 0.25) is 0 Å². The van der Waals surface area contributed by atoms with Gasteiger partial charge in [-0.2, -0.15) is 0 Å². The number of nitrogens with two attached hydrogens (primary N) is 1. The van der Waals surface area contributed by atoms with E-state index in [-0.39, 0.29) is 12.4 Å². The number of methoxy groups -OCH3 is 2. The molecule has 2 N–H and O–H groups in total. The summed E-state index contributed by atoms with van der Waals surface area (Å²) in [4.78, 5) is 0. The van der Waals surface area contributed by atoms with E-state index in [0.29, 0.717) is 22.8 Å². The molecule has 1 unspecified atom stereocenters. The van der Waals surface area contributed by atoms with E-state index < -0.39 is 6.10 Å². The molecule has 0 amide bonds. The Bertz CT molecular complexity index is 582. The van der Waals surface area contributed by atoms with Crippen LogP contribution in [0.3, 0.4) is 0 Å². The molecular formula is C16H18FNO3. The van der Waals surface area contributed by atoms with Crippen molar-refractivity contribution in [1.82, 2.24) is 0 Å². The van der Waals surface area contributed by atoms with Crippen molar-refractivity contribution in [3.63, 3.8) is 0 Å². The fourth-order valence-corrected chi connectivity index (χ4v) is 1.97. The van der Waals surface area contributed by atoms with E-state index in [4.69, 9.17) is 19.9 Å². The first-order valence-corrected chi connectivity index (χ1v) is 6.51. The molecule has 0 heterocycles. The Hall–Kier alpha value is -2.27. The molecule has 4 nitrogen and oxygen atoms in total. The van der Waals surface area contributed by atoms with Gasteiger partial charge in [0.05, 0.1) is 14.2 Å². The van der Waals surface area contributed by atoms with Gasteiger partial charge in [0.15, 0.2) is 0 Å². The molecule has 1 atom stereocenters. The Morgan fingerprint density at radius 3 is 2.14 bits per heavy atom. The SMILES string of the molecule is COc1cc(OC)cc(OC(CN)c2cccc(F)c2)c1. The summed E-state index contributed by atoms with van der Waals surface area (Å²) in [5, 5.41) is 0. The number of hydrogen-bond acceptors (Lipinski definition) is 4. The van der Waals surface area contributed by atoms with Gasteiger partial charge in [0, 0.05) is 24.7 Å². The molecule has 0 spiro atoms. The van der Waals surface area contributed by atoms with Gasteiger partial charge in [-0.3, -0.25) is 0 Å². The maximum Gasteiger partial charge on any atom is 0.136 e. The van der Waals surface area contributed by atoms with Crippen molar-refractivity contribution in [3.05, 3.63) is 53.8 Å². The van der Waals surface area contributed by atoms with Crippen molar-refractivity contribution < 1.29 is 18.6 Å². The van der Waals surface area contributed by atoms with E-state index >= 15 is 0 Å². The maximum absolute atomic E-state index is 13.3. The minimum atomic E-state index is -0.447. The first kappa shape index (κ1) is 15.1. The number of benzene rings is 2. The molecule has 112 valence electrons. The molecule has 2 rings (SSSR count). The highest BCUT2D eigenvalue weighted by Gasteiger charge is 2.13. The Kier molecular flexibility index (Phi) is 5.00. The zero-order valence-corrected chi connectivity index (χ0v) is 12.0. The summed E-state index contributed by atoms with van der Waals surface area (Å²) in [5.74, 6) is 1.45. The maximum atomic E-state index is 13.3. The number of rotatable bonds is 6. The predicted molar refractivity (Wildman–Crippen MR) is 78.4 cm³/mol. The molecular weight excluding hydrogens is 273 g/mol. The molecule has 2 aromatic rings. The van der Waals surface area contributed by atoms with E-state index in [0.717, 1.165) is 0 Å². The van der Waals surface area contributed by atoms with Crippen LogP contribution in [0.25, 0.3) is 0 Å². The van der Waals surface area contributed by atoms with Crippen LogP contribution in [0, 0.1) is 5.82 Å². The molecule has 2 aromatic carbocycles. The predicted octanol–water partition coefficient (Wildman–Crippen LogP) is 2.92. The summed E-state index contributed by atoms with van der Waals surface area (Å²) in [6.07, 6.45) is -0.447. The Labute approximate surface area is 123 Å². The summed E-state index contributed by atoms with van der Waals surface area (Å²) in [7, 11) is 3.12. The highest BCUT2D eigenvalue weighted by Crippen LogP contribution is 2.30. The second kappa shape index (κ2) is 6.95. The highest BCUT2D eigenvalue weighted by atomic mass is 19.1. The molecule has 0 aliphatic rings. The summed E-state index contributed by atoms with van der Waals surface area (Å²) >= 11 is 0. The fourth-order valence-electron chi connectivity index (χ4n) is 1.97. The van der Waals surface area contributed by atoms with Crippen LogP contribution < -0.4 is 19.9 Å². The largest absolute Gasteiger partial charge is 0.496 e. The van der Waals surface area contributed by atoms with Crippen molar-refractivity contribution in [3.8, 4) is 17.2 Å². The molecule has 0 aliphatic heterocycles. The molecule has 0 saturated carbocycles. The van der Waals surface area contributed by atoms with Crippen LogP contribution in [0.4, 0.5) is 4.39 Å². The summed E-state index contributed by atoms with van der Waals surface area (Å²) < 4.78 is 29.5. The normalized spacial score (nSPS) is 11.8. The van der Waals surface area contributed by atoms with Gasteiger partial charge in [0.1, 0.15) is 29.2 Å². The van der Waals surface area contributed by atoms with E-state index in [9.17, 15) is 4.39 Å². The minimum Gasteiger partial charge on any atom is -0.496 e. The van der Waals surface area contributed by atoms with Gasteiger partial charge < -0.3 is 19.9 Å². The summed E-state index contributed by atoms with van der Waals surface area (Å²) in [5.41, 5.74) is 6.41. The van der Waals surface area contributed by atoms with Crippen LogP contribution in [-0.4, -0.2) is 20.8 Å². The van der Waals surface area contributed by atoms with Crippen molar-refractivity contribution in [2.75, 3.05) is 20.8 Å². The molecule has 0 radical (unpaired) electrons. The third kappa shape index (κ3) is 3.86. The second-order valence-electron chi connectivity index (χ2n) is 4.45. The lowest BCUT2D eigenvalue weighted by atomic mass is 10.1. The first-order chi connectivity index (χ1) is 10.2. The van der Waals surface area contributed by atoms with Gasteiger partial charge in [-0.15, -0.1) is 0 Å². The lowest BCUT2D eigenvalue weighted by Gasteiger charge is -2.19. The molecule has 0 bridgehead atoms. The van der Waals surface area contributed by atoms with Crippen LogP contribution in [-0.2, 0) is 0 Å². The fraction of sp³-hybridized carbons (Fsp3) is 0.250. The first-order valence-electron chi connectivity index (χ1n) is 6.51. The van der Waals surface area contributed by atoms with Crippen molar-refractivity contribution in [2.45, 2.75) is 6.10 Å². The standard InChI is InChI=1S/C16H18FNO3/c1-19-13-7-14(20-2)9-15(8-13)21-16(10-18)11-4-3-5-12(17)6-11/h3-9,16H,10,18H2,1-2H3. The third-order valence-electron chi connectivity index (χ3n) is 3.04. The minimum absolute atomic E-state index is 0.225. The van der Waals surface area contributed by atoms with Crippen LogP contribution >= 0.6 is 0 Å². The smallest absolute Gasteiger partial charge is 0.136 e. The van der Waals surface area contributed by atoms with Gasteiger partial charge in [0.25, 0.3) is 0 Å². The topological polar surface area (TPSA) is 53.7 Å². The Morgan fingerprint density at radius 1 is 1.00 bits per heavy atom.